The van der Waals surface area contributed by atoms with Crippen LogP contribution in [-0.4, -0.2) is 88.7 Å². The van der Waals surface area contributed by atoms with Gasteiger partial charge in [-0.1, -0.05) is 6.92 Å². The van der Waals surface area contributed by atoms with E-state index < -0.39 is 0 Å². The van der Waals surface area contributed by atoms with Crippen LogP contribution in [0.5, 0.6) is 0 Å². The second kappa shape index (κ2) is 12.5. The van der Waals surface area contributed by atoms with E-state index in [2.05, 4.69) is 15.0 Å². The van der Waals surface area contributed by atoms with Gasteiger partial charge in [0.25, 0.3) is 0 Å². The van der Waals surface area contributed by atoms with E-state index in [4.69, 9.17) is 18.9 Å². The van der Waals surface area contributed by atoms with Gasteiger partial charge in [-0.15, -0.1) is 0 Å². The van der Waals surface area contributed by atoms with Gasteiger partial charge in [0.05, 0.1) is 0 Å². The van der Waals surface area contributed by atoms with Crippen LogP contribution < -0.4 is 14.7 Å². The van der Waals surface area contributed by atoms with Crippen molar-refractivity contribution in [1.29, 1.82) is 0 Å². The summed E-state index contributed by atoms with van der Waals surface area (Å²) in [6.45, 7) is 3.34. The molecule has 0 fully saturated rings. The van der Waals surface area contributed by atoms with Crippen molar-refractivity contribution in [3.63, 3.8) is 0 Å². The number of aliphatic hydroxyl groups is 1. The Morgan fingerprint density at radius 1 is 0.692 bits per heavy atom. The Kier molecular flexibility index (Phi) is 10.7. The number of methoxy groups -OCH3 is 4. The summed E-state index contributed by atoms with van der Waals surface area (Å²) >= 11 is 0. The Morgan fingerprint density at radius 3 is 1.31 bits per heavy atom. The van der Waals surface area contributed by atoms with Crippen LogP contribution >= 0.6 is 0 Å². The highest BCUT2D eigenvalue weighted by atomic mass is 16.5. The Balaban J connectivity index is 3.35. The van der Waals surface area contributed by atoms with Gasteiger partial charge in [0.2, 0.25) is 17.8 Å². The number of rotatable bonds is 14. The van der Waals surface area contributed by atoms with Gasteiger partial charge in [0, 0.05) is 35.0 Å². The lowest BCUT2D eigenvalue weighted by Gasteiger charge is -2.27. The van der Waals surface area contributed by atoms with Crippen LogP contribution in [0.3, 0.4) is 0 Å². The molecule has 0 radical (unpaired) electrons. The molecule has 0 aliphatic heterocycles. The summed E-state index contributed by atoms with van der Waals surface area (Å²) < 4.78 is 20.8. The van der Waals surface area contributed by atoms with E-state index in [-0.39, 0.29) is 33.7 Å². The van der Waals surface area contributed by atoms with Crippen LogP contribution in [0.4, 0.5) is 17.8 Å². The first-order chi connectivity index (χ1) is 12.6. The topological polar surface area (TPSA) is 106 Å². The van der Waals surface area contributed by atoms with Crippen molar-refractivity contribution in [3.8, 4) is 0 Å². The van der Waals surface area contributed by atoms with Gasteiger partial charge in [0.1, 0.15) is 33.7 Å². The minimum absolute atomic E-state index is 0.208. The summed E-state index contributed by atoms with van der Waals surface area (Å²) in [5.74, 6) is 1.07. The highest BCUT2D eigenvalue weighted by molar-refractivity contribution is 5.45. The molecule has 0 atom stereocenters. The monoisotopic (exact) mass is 374 g/mol. The molecule has 0 aliphatic carbocycles. The summed E-state index contributed by atoms with van der Waals surface area (Å²) in [7, 11) is 6.30. The average Bonchev–Trinajstić information content (AvgIpc) is 2.65. The van der Waals surface area contributed by atoms with Crippen LogP contribution in [0.1, 0.15) is 13.3 Å². The summed E-state index contributed by atoms with van der Waals surface area (Å²) in [4.78, 5) is 18.5. The number of aliphatic hydroxyl groups excluding tert-OH is 1. The molecule has 1 aromatic heterocycles. The molecule has 150 valence electrons. The predicted molar refractivity (Wildman–Crippen MR) is 97.0 cm³/mol. The molecule has 26 heavy (non-hydrogen) atoms. The molecule has 0 saturated carbocycles. The summed E-state index contributed by atoms with van der Waals surface area (Å²) in [5.41, 5.74) is 0. The van der Waals surface area contributed by atoms with E-state index in [1.54, 1.807) is 43.1 Å². The normalized spacial score (nSPS) is 10.8. The molecule has 0 unspecified atom stereocenters. The van der Waals surface area contributed by atoms with E-state index in [0.717, 1.165) is 6.42 Å². The van der Waals surface area contributed by atoms with E-state index in [9.17, 15) is 5.11 Å². The number of ether oxygens (including phenoxy) is 4. The third kappa shape index (κ3) is 6.50. The molecule has 0 aliphatic rings. The van der Waals surface area contributed by atoms with Gasteiger partial charge in [0.15, 0.2) is 0 Å². The molecule has 0 aromatic carbocycles. The molecule has 1 N–H and O–H groups in total. The Labute approximate surface area is 154 Å². The fourth-order valence-corrected chi connectivity index (χ4v) is 2.20. The molecule has 0 saturated heterocycles. The maximum Gasteiger partial charge on any atom is 0.235 e. The lowest BCUT2D eigenvalue weighted by atomic mass is 10.4. The molecular formula is C15H30N6O5. The van der Waals surface area contributed by atoms with Crippen LogP contribution in [0.15, 0.2) is 0 Å². The number of aromatic nitrogens is 3. The van der Waals surface area contributed by atoms with Crippen LogP contribution in [-0.2, 0) is 18.9 Å². The second-order valence-electron chi connectivity index (χ2n) is 5.39. The average molecular weight is 374 g/mol. The van der Waals surface area contributed by atoms with Crippen LogP contribution in [0.25, 0.3) is 0 Å². The van der Waals surface area contributed by atoms with Gasteiger partial charge >= 0.3 is 0 Å². The van der Waals surface area contributed by atoms with Crippen LogP contribution in [0.2, 0.25) is 0 Å². The van der Waals surface area contributed by atoms with Crippen molar-refractivity contribution in [2.45, 2.75) is 13.3 Å². The molecule has 0 amide bonds. The van der Waals surface area contributed by atoms with Crippen molar-refractivity contribution < 1.29 is 24.1 Å². The van der Waals surface area contributed by atoms with E-state index in [1.165, 1.54) is 0 Å². The molecule has 11 nitrogen and oxygen atoms in total. The molecular weight excluding hydrogens is 344 g/mol. The van der Waals surface area contributed by atoms with E-state index in [0.29, 0.717) is 24.4 Å². The quantitative estimate of drug-likeness (QED) is 0.447. The highest BCUT2D eigenvalue weighted by Crippen LogP contribution is 2.19. The zero-order valence-corrected chi connectivity index (χ0v) is 16.2. The summed E-state index contributed by atoms with van der Waals surface area (Å²) in [6, 6.07) is 0. The zero-order valence-electron chi connectivity index (χ0n) is 16.2. The number of nitrogens with zero attached hydrogens (tertiary/aromatic N) is 6. The first kappa shape index (κ1) is 22.3. The van der Waals surface area contributed by atoms with E-state index >= 15 is 0 Å². The predicted octanol–water partition coefficient (Wildman–Crippen LogP) is 0.0662. The fourth-order valence-electron chi connectivity index (χ4n) is 2.20. The smallest absolute Gasteiger partial charge is 0.235 e. The van der Waals surface area contributed by atoms with Gasteiger partial charge in [-0.05, 0) is 6.42 Å². The van der Waals surface area contributed by atoms with E-state index in [1.807, 2.05) is 6.92 Å². The second-order valence-corrected chi connectivity index (χ2v) is 5.39. The summed E-state index contributed by atoms with van der Waals surface area (Å²) in [6.07, 6.45) is 0.830. The lowest BCUT2D eigenvalue weighted by Crippen LogP contribution is -2.35. The fraction of sp³-hybridized carbons (Fsp3) is 0.800. The zero-order chi connectivity index (χ0) is 19.4. The van der Waals surface area contributed by atoms with Crippen molar-refractivity contribution in [2.75, 3.05) is 83.3 Å². The molecule has 1 heterocycles. The van der Waals surface area contributed by atoms with Gasteiger partial charge in [-0.2, -0.15) is 15.0 Å². The van der Waals surface area contributed by atoms with Crippen molar-refractivity contribution in [3.05, 3.63) is 0 Å². The molecule has 0 spiro atoms. The number of anilines is 3. The van der Waals surface area contributed by atoms with Crippen molar-refractivity contribution >= 4 is 17.8 Å². The largest absolute Gasteiger partial charge is 0.376 e. The van der Waals surface area contributed by atoms with Crippen molar-refractivity contribution in [2.24, 2.45) is 0 Å². The minimum Gasteiger partial charge on any atom is -0.376 e. The van der Waals surface area contributed by atoms with Gasteiger partial charge in [-0.25, -0.2) is 0 Å². The molecule has 1 rings (SSSR count). The first-order valence-corrected chi connectivity index (χ1v) is 8.22. The minimum atomic E-state index is -0.208. The highest BCUT2D eigenvalue weighted by Gasteiger charge is 2.20. The van der Waals surface area contributed by atoms with Gasteiger partial charge in [-0.3, -0.25) is 9.80 Å². The van der Waals surface area contributed by atoms with Crippen molar-refractivity contribution in [1.82, 2.24) is 15.0 Å². The Morgan fingerprint density at radius 2 is 1.04 bits per heavy atom. The Hall–Kier alpha value is -1.79. The molecule has 1 aromatic rings. The molecule has 0 bridgehead atoms. The molecule has 11 heteroatoms. The maximum absolute atomic E-state index is 9.68. The standard InChI is InChI=1S/C15H30N6O5/c1-6-7-19(8-22)13-16-14(20(9-23-2)10-24-3)18-15(17-13)21(11-25-4)12-26-5/h22H,6-12H2,1-5H3. The SMILES string of the molecule is CCCN(CO)c1nc(N(COC)COC)nc(N(COC)COC)n1. The third-order valence-corrected chi connectivity index (χ3v) is 3.25. The number of hydrogen-bond acceptors (Lipinski definition) is 11. The maximum atomic E-state index is 9.68. The Bertz CT molecular complexity index is 463. The lowest BCUT2D eigenvalue weighted by molar-refractivity contribution is 0.136. The van der Waals surface area contributed by atoms with Crippen LogP contribution in [0, 0.1) is 0 Å². The number of hydrogen-bond donors (Lipinski definition) is 1. The van der Waals surface area contributed by atoms with Gasteiger partial charge < -0.3 is 29.0 Å². The third-order valence-electron chi connectivity index (χ3n) is 3.25. The summed E-state index contributed by atoms with van der Waals surface area (Å²) in [5, 5.41) is 9.68. The first-order valence-electron chi connectivity index (χ1n) is 8.22.